The summed E-state index contributed by atoms with van der Waals surface area (Å²) in [6, 6.07) is 7.55. The Hall–Kier alpha value is -4.24. The monoisotopic (exact) mass is 537 g/mol. The Labute approximate surface area is 211 Å². The van der Waals surface area contributed by atoms with Crippen LogP contribution in [0.25, 0.3) is 17.1 Å². The van der Waals surface area contributed by atoms with E-state index >= 15 is 0 Å². The normalized spacial score (nSPS) is 12.5. The Balaban J connectivity index is 1.66. The Morgan fingerprint density at radius 3 is 2.59 bits per heavy atom. The number of anilines is 1. The molecule has 0 fully saturated rings. The smallest absolute Gasteiger partial charge is 0.382 e. The average molecular weight is 538 g/mol. The van der Waals surface area contributed by atoms with Gasteiger partial charge < -0.3 is 16.2 Å². The molecule has 1 aromatic carbocycles. The van der Waals surface area contributed by atoms with Gasteiger partial charge in [-0.25, -0.2) is 19.1 Å². The van der Waals surface area contributed by atoms with Gasteiger partial charge in [-0.3, -0.25) is 14.3 Å². The van der Waals surface area contributed by atoms with Crippen molar-refractivity contribution < 1.29 is 23.1 Å². The molecule has 4 rings (SSSR count). The first kappa shape index (κ1) is 25.8. The summed E-state index contributed by atoms with van der Waals surface area (Å²) in [6.45, 7) is -1.48. The van der Waals surface area contributed by atoms with E-state index < -0.39 is 30.4 Å². The van der Waals surface area contributed by atoms with Crippen LogP contribution in [-0.4, -0.2) is 63.9 Å². The van der Waals surface area contributed by atoms with Gasteiger partial charge >= 0.3 is 11.9 Å². The number of halogens is 4. The standard InChI is InChI=1S/C21H19ClF3N9O3/c22-13-3-1-12(2-4-13)19-31-33(20(37)32(19)9-16(35)21(23,24)25)10-18-29-11-34(30-18)15-7-27-6-5-14(15)28-8-17(26)36/h1-7,11,16,35H,8-10H2,(H2,26,36)(H,27,28)/t16-/m0/s1. The summed E-state index contributed by atoms with van der Waals surface area (Å²) in [4.78, 5) is 32.3. The second-order valence-electron chi connectivity index (χ2n) is 7.76. The van der Waals surface area contributed by atoms with Crippen LogP contribution < -0.4 is 16.7 Å². The van der Waals surface area contributed by atoms with Crippen molar-refractivity contribution in [2.24, 2.45) is 5.73 Å². The second kappa shape index (κ2) is 10.4. The molecule has 0 radical (unpaired) electrons. The molecule has 0 saturated carbocycles. The quantitative estimate of drug-likeness (QED) is 0.287. The third-order valence-electron chi connectivity index (χ3n) is 5.09. The van der Waals surface area contributed by atoms with Crippen LogP contribution in [0.15, 0.2) is 53.8 Å². The van der Waals surface area contributed by atoms with Crippen molar-refractivity contribution in [1.82, 2.24) is 34.1 Å². The van der Waals surface area contributed by atoms with E-state index in [9.17, 15) is 27.9 Å². The molecule has 0 spiro atoms. The number of benzene rings is 1. The maximum atomic E-state index is 13.0. The first-order chi connectivity index (χ1) is 17.5. The van der Waals surface area contributed by atoms with E-state index in [2.05, 4.69) is 25.5 Å². The largest absolute Gasteiger partial charge is 0.416 e. The SMILES string of the molecule is NC(=O)CNc1ccncc1-n1cnc(Cn2nc(-c3ccc(Cl)cc3)n(C[C@H](O)C(F)(F)F)c2=O)n1. The number of hydrogen-bond acceptors (Lipinski definition) is 8. The summed E-state index contributed by atoms with van der Waals surface area (Å²) in [5.41, 5.74) is 5.49. The summed E-state index contributed by atoms with van der Waals surface area (Å²) in [5, 5.41) is 21.3. The number of aliphatic hydroxyl groups excluding tert-OH is 1. The van der Waals surface area contributed by atoms with Crippen LogP contribution in [-0.2, 0) is 17.9 Å². The molecule has 0 aliphatic heterocycles. The predicted molar refractivity (Wildman–Crippen MR) is 125 cm³/mol. The van der Waals surface area contributed by atoms with Crippen LogP contribution in [0.4, 0.5) is 18.9 Å². The molecule has 0 unspecified atom stereocenters. The van der Waals surface area contributed by atoms with E-state index in [1.165, 1.54) is 47.7 Å². The first-order valence-electron chi connectivity index (χ1n) is 10.6. The number of aromatic nitrogens is 7. The molecule has 1 amide bonds. The fourth-order valence-electron chi connectivity index (χ4n) is 3.32. The lowest BCUT2D eigenvalue weighted by atomic mass is 10.2. The summed E-state index contributed by atoms with van der Waals surface area (Å²) >= 11 is 5.89. The highest BCUT2D eigenvalue weighted by molar-refractivity contribution is 6.30. The number of primary amides is 1. The Morgan fingerprint density at radius 1 is 1.19 bits per heavy atom. The van der Waals surface area contributed by atoms with Crippen LogP contribution in [0.3, 0.4) is 0 Å². The number of carbonyl (C=O) groups is 1. The molecular weight excluding hydrogens is 519 g/mol. The minimum absolute atomic E-state index is 0.102. The zero-order valence-electron chi connectivity index (χ0n) is 18.8. The Kier molecular flexibility index (Phi) is 7.26. The van der Waals surface area contributed by atoms with E-state index in [1.54, 1.807) is 6.07 Å². The minimum Gasteiger partial charge on any atom is -0.382 e. The number of amides is 1. The van der Waals surface area contributed by atoms with Gasteiger partial charge in [-0.15, -0.1) is 10.2 Å². The van der Waals surface area contributed by atoms with E-state index in [1.807, 2.05) is 0 Å². The maximum Gasteiger partial charge on any atom is 0.416 e. The lowest BCUT2D eigenvalue weighted by Crippen LogP contribution is -2.37. The average Bonchev–Trinajstić information content (AvgIpc) is 3.43. The summed E-state index contributed by atoms with van der Waals surface area (Å²) in [5.74, 6) is -0.575. The molecule has 194 valence electrons. The zero-order chi connectivity index (χ0) is 26.7. The number of aliphatic hydroxyl groups is 1. The van der Waals surface area contributed by atoms with Crippen molar-refractivity contribution >= 4 is 23.2 Å². The summed E-state index contributed by atoms with van der Waals surface area (Å²) < 4.78 is 42.1. The van der Waals surface area contributed by atoms with E-state index in [4.69, 9.17) is 17.3 Å². The molecule has 4 aromatic rings. The third-order valence-corrected chi connectivity index (χ3v) is 5.34. The molecule has 16 heteroatoms. The van der Waals surface area contributed by atoms with E-state index in [0.717, 1.165) is 9.25 Å². The number of pyridine rings is 1. The topological polar surface area (TPSA) is 159 Å². The van der Waals surface area contributed by atoms with Crippen LogP contribution in [0.5, 0.6) is 0 Å². The number of nitrogens with one attached hydrogen (secondary N) is 1. The van der Waals surface area contributed by atoms with Gasteiger partial charge in [0.2, 0.25) is 5.91 Å². The number of nitrogens with two attached hydrogens (primary N) is 1. The van der Waals surface area contributed by atoms with E-state index in [-0.39, 0.29) is 24.7 Å². The molecule has 0 aliphatic rings. The minimum atomic E-state index is -4.94. The van der Waals surface area contributed by atoms with Crippen LogP contribution in [0, 0.1) is 0 Å². The number of hydrogen-bond donors (Lipinski definition) is 3. The molecule has 12 nitrogen and oxygen atoms in total. The molecular formula is C21H19ClF3N9O3. The van der Waals surface area contributed by atoms with Crippen LogP contribution >= 0.6 is 11.6 Å². The maximum absolute atomic E-state index is 13.0. The van der Waals surface area contributed by atoms with Gasteiger partial charge in [0, 0.05) is 16.8 Å². The number of rotatable bonds is 9. The van der Waals surface area contributed by atoms with Crippen molar-refractivity contribution in [3.05, 3.63) is 70.4 Å². The van der Waals surface area contributed by atoms with Crippen molar-refractivity contribution in [2.75, 3.05) is 11.9 Å². The Morgan fingerprint density at radius 2 is 1.92 bits per heavy atom. The van der Waals surface area contributed by atoms with Gasteiger partial charge in [0.25, 0.3) is 0 Å². The van der Waals surface area contributed by atoms with Gasteiger partial charge in [-0.05, 0) is 30.3 Å². The highest BCUT2D eigenvalue weighted by Crippen LogP contribution is 2.24. The van der Waals surface area contributed by atoms with Crippen molar-refractivity contribution in [3.8, 4) is 17.1 Å². The lowest BCUT2D eigenvalue weighted by molar-refractivity contribution is -0.207. The van der Waals surface area contributed by atoms with Gasteiger partial charge in [0.15, 0.2) is 17.8 Å². The number of nitrogens with zero attached hydrogens (tertiary/aromatic N) is 7. The lowest BCUT2D eigenvalue weighted by Gasteiger charge is -2.15. The molecule has 0 aliphatic carbocycles. The molecule has 37 heavy (non-hydrogen) atoms. The van der Waals surface area contributed by atoms with Crippen LogP contribution in [0.2, 0.25) is 5.02 Å². The molecule has 0 bridgehead atoms. The van der Waals surface area contributed by atoms with E-state index in [0.29, 0.717) is 22.0 Å². The van der Waals surface area contributed by atoms with Gasteiger partial charge in [0.1, 0.15) is 18.6 Å². The first-order valence-corrected chi connectivity index (χ1v) is 11.0. The second-order valence-corrected chi connectivity index (χ2v) is 8.19. The molecule has 1 atom stereocenters. The molecule has 0 saturated heterocycles. The summed E-state index contributed by atoms with van der Waals surface area (Å²) in [6.07, 6.45) is -3.45. The molecule has 3 heterocycles. The highest BCUT2D eigenvalue weighted by Gasteiger charge is 2.39. The molecule has 3 aromatic heterocycles. The van der Waals surface area contributed by atoms with Gasteiger partial charge in [-0.2, -0.15) is 13.2 Å². The van der Waals surface area contributed by atoms with Crippen LogP contribution in [0.1, 0.15) is 5.82 Å². The molecule has 4 N–H and O–H groups in total. The number of carbonyl (C=O) groups excluding carboxylic acids is 1. The predicted octanol–water partition coefficient (Wildman–Crippen LogP) is 1.21. The fraction of sp³-hybridized carbons (Fsp3) is 0.238. The Bertz CT molecular complexity index is 1460. The zero-order valence-corrected chi connectivity index (χ0v) is 19.6. The fourth-order valence-corrected chi connectivity index (χ4v) is 3.44. The number of alkyl halides is 3. The summed E-state index contributed by atoms with van der Waals surface area (Å²) in [7, 11) is 0. The highest BCUT2D eigenvalue weighted by atomic mass is 35.5. The van der Waals surface area contributed by atoms with Crippen molar-refractivity contribution in [1.29, 1.82) is 0 Å². The van der Waals surface area contributed by atoms with Gasteiger partial charge in [-0.1, -0.05) is 11.6 Å². The van der Waals surface area contributed by atoms with Crippen molar-refractivity contribution in [3.63, 3.8) is 0 Å². The third kappa shape index (κ3) is 5.95. The van der Waals surface area contributed by atoms with Crippen molar-refractivity contribution in [2.45, 2.75) is 25.4 Å². The van der Waals surface area contributed by atoms with Gasteiger partial charge in [0.05, 0.1) is 25.0 Å².